The molecule has 0 aliphatic carbocycles. The number of carbonyl (C=O) groups is 2. The van der Waals surface area contributed by atoms with Crippen molar-refractivity contribution in [2.75, 3.05) is 0 Å². The molecule has 0 spiro atoms. The van der Waals surface area contributed by atoms with Gasteiger partial charge in [-0.1, -0.05) is 13.2 Å². The van der Waals surface area contributed by atoms with E-state index in [1.807, 2.05) is 0 Å². The Balaban J connectivity index is 2.86. The average molecular weight is 137 g/mol. The van der Waals surface area contributed by atoms with E-state index in [0.717, 1.165) is 0 Å². The topological polar surface area (TPSA) is 46.2 Å². The lowest BCUT2D eigenvalue weighted by Gasteiger charge is -2.14. The molecule has 1 aliphatic rings. The van der Waals surface area contributed by atoms with E-state index >= 15 is 0 Å². The van der Waals surface area contributed by atoms with Crippen LogP contribution in [-0.2, 0) is 9.59 Å². The van der Waals surface area contributed by atoms with Gasteiger partial charge in [0.15, 0.2) is 0 Å². The van der Waals surface area contributed by atoms with Gasteiger partial charge in [-0.3, -0.25) is 14.9 Å². The molecule has 0 unspecified atom stereocenters. The summed E-state index contributed by atoms with van der Waals surface area (Å²) in [5.41, 5.74) is 0.813. The van der Waals surface area contributed by atoms with Gasteiger partial charge in [-0.2, -0.15) is 0 Å². The Morgan fingerprint density at radius 2 is 1.90 bits per heavy atom. The maximum atomic E-state index is 10.7. The van der Waals surface area contributed by atoms with Gasteiger partial charge >= 0.3 is 0 Å². The zero-order chi connectivity index (χ0) is 7.72. The van der Waals surface area contributed by atoms with Gasteiger partial charge in [0.25, 0.3) is 5.91 Å². The SMILES string of the molecule is C=C1CC(=O)NC(=O)C1=C. The largest absolute Gasteiger partial charge is 0.292 e. The van der Waals surface area contributed by atoms with Crippen LogP contribution in [0.25, 0.3) is 0 Å². The van der Waals surface area contributed by atoms with Crippen molar-refractivity contribution >= 4 is 11.8 Å². The van der Waals surface area contributed by atoms with Crippen LogP contribution in [0.15, 0.2) is 24.3 Å². The number of piperidine rings is 1. The molecule has 52 valence electrons. The highest BCUT2D eigenvalue weighted by molar-refractivity contribution is 6.11. The molecule has 0 aromatic heterocycles. The van der Waals surface area contributed by atoms with E-state index in [9.17, 15) is 9.59 Å². The predicted octanol–water partition coefficient (Wildman–Crippen LogP) is 0.145. The summed E-state index contributed by atoms with van der Waals surface area (Å²) < 4.78 is 0. The first kappa shape index (κ1) is 6.74. The van der Waals surface area contributed by atoms with Crippen molar-refractivity contribution in [3.05, 3.63) is 24.3 Å². The summed E-state index contributed by atoms with van der Waals surface area (Å²) in [4.78, 5) is 21.3. The summed E-state index contributed by atoms with van der Waals surface area (Å²) in [6.07, 6.45) is 0.185. The van der Waals surface area contributed by atoms with E-state index in [-0.39, 0.29) is 12.3 Å². The van der Waals surface area contributed by atoms with Crippen LogP contribution in [0.1, 0.15) is 6.42 Å². The first-order chi connectivity index (χ1) is 4.61. The van der Waals surface area contributed by atoms with Crippen molar-refractivity contribution in [3.63, 3.8) is 0 Å². The van der Waals surface area contributed by atoms with Crippen molar-refractivity contribution < 1.29 is 9.59 Å². The Hall–Kier alpha value is -1.38. The van der Waals surface area contributed by atoms with Crippen LogP contribution >= 0.6 is 0 Å². The summed E-state index contributed by atoms with van der Waals surface area (Å²) in [7, 11) is 0. The van der Waals surface area contributed by atoms with Crippen molar-refractivity contribution in [1.82, 2.24) is 5.32 Å². The van der Waals surface area contributed by atoms with E-state index in [2.05, 4.69) is 18.5 Å². The van der Waals surface area contributed by atoms with E-state index in [1.54, 1.807) is 0 Å². The Kier molecular flexibility index (Phi) is 1.41. The van der Waals surface area contributed by atoms with Crippen molar-refractivity contribution in [1.29, 1.82) is 0 Å². The van der Waals surface area contributed by atoms with Gasteiger partial charge in [-0.15, -0.1) is 0 Å². The minimum atomic E-state index is -0.429. The van der Waals surface area contributed by atoms with E-state index in [4.69, 9.17) is 0 Å². The Bertz CT molecular complexity index is 218. The lowest BCUT2D eigenvalue weighted by molar-refractivity contribution is -0.129. The van der Waals surface area contributed by atoms with Crippen LogP contribution in [0.3, 0.4) is 0 Å². The number of rotatable bonds is 0. The lowest BCUT2D eigenvalue weighted by Crippen LogP contribution is -2.36. The molecule has 10 heavy (non-hydrogen) atoms. The average Bonchev–Trinajstić information content (AvgIpc) is 1.82. The molecule has 1 N–H and O–H groups in total. The molecule has 1 fully saturated rings. The van der Waals surface area contributed by atoms with Crippen LogP contribution in [0.4, 0.5) is 0 Å². The normalized spacial score (nSPS) is 19.2. The molecular formula is C7H7NO2. The zero-order valence-corrected chi connectivity index (χ0v) is 5.44. The van der Waals surface area contributed by atoms with E-state index < -0.39 is 5.91 Å². The van der Waals surface area contributed by atoms with Gasteiger partial charge in [-0.05, 0) is 5.57 Å². The lowest BCUT2D eigenvalue weighted by atomic mass is 10.0. The van der Waals surface area contributed by atoms with Gasteiger partial charge in [0.1, 0.15) is 0 Å². The molecule has 1 heterocycles. The number of imide groups is 1. The summed E-state index contributed by atoms with van der Waals surface area (Å²) >= 11 is 0. The molecular weight excluding hydrogens is 130 g/mol. The molecule has 0 aromatic carbocycles. The van der Waals surface area contributed by atoms with Crippen molar-refractivity contribution in [2.45, 2.75) is 6.42 Å². The third-order valence-corrected chi connectivity index (χ3v) is 1.33. The van der Waals surface area contributed by atoms with Gasteiger partial charge in [0.2, 0.25) is 5.91 Å². The predicted molar refractivity (Wildman–Crippen MR) is 36.0 cm³/mol. The summed E-state index contributed by atoms with van der Waals surface area (Å²) in [6, 6.07) is 0. The summed E-state index contributed by atoms with van der Waals surface area (Å²) in [5.74, 6) is -0.733. The molecule has 1 rings (SSSR count). The van der Waals surface area contributed by atoms with E-state index in [1.165, 1.54) is 0 Å². The van der Waals surface area contributed by atoms with Crippen molar-refractivity contribution in [2.24, 2.45) is 0 Å². The van der Waals surface area contributed by atoms with Crippen LogP contribution in [-0.4, -0.2) is 11.8 Å². The van der Waals surface area contributed by atoms with Gasteiger partial charge in [0.05, 0.1) is 6.42 Å². The molecule has 3 nitrogen and oxygen atoms in total. The van der Waals surface area contributed by atoms with Gasteiger partial charge < -0.3 is 0 Å². The minimum absolute atomic E-state index is 0.185. The van der Waals surface area contributed by atoms with Gasteiger partial charge in [-0.25, -0.2) is 0 Å². The van der Waals surface area contributed by atoms with E-state index in [0.29, 0.717) is 11.1 Å². The summed E-state index contributed by atoms with van der Waals surface area (Å²) in [6.45, 7) is 6.96. The maximum Gasteiger partial charge on any atom is 0.257 e. The molecule has 2 amide bonds. The van der Waals surface area contributed by atoms with Gasteiger partial charge in [0, 0.05) is 5.57 Å². The smallest absolute Gasteiger partial charge is 0.257 e. The fraction of sp³-hybridized carbons (Fsp3) is 0.143. The first-order valence-corrected chi connectivity index (χ1v) is 2.82. The Labute approximate surface area is 58.4 Å². The first-order valence-electron chi connectivity index (χ1n) is 2.82. The number of amides is 2. The molecule has 0 aromatic rings. The highest BCUT2D eigenvalue weighted by atomic mass is 16.2. The molecule has 1 aliphatic heterocycles. The van der Waals surface area contributed by atoms with Crippen LogP contribution in [0.2, 0.25) is 0 Å². The van der Waals surface area contributed by atoms with Crippen LogP contribution in [0, 0.1) is 0 Å². The maximum absolute atomic E-state index is 10.7. The Morgan fingerprint density at radius 1 is 1.30 bits per heavy atom. The molecule has 0 bridgehead atoms. The number of hydrogen-bond acceptors (Lipinski definition) is 2. The number of carbonyl (C=O) groups excluding carboxylic acids is 2. The zero-order valence-electron chi connectivity index (χ0n) is 5.44. The minimum Gasteiger partial charge on any atom is -0.292 e. The number of nitrogens with one attached hydrogen (secondary N) is 1. The van der Waals surface area contributed by atoms with Crippen LogP contribution < -0.4 is 5.32 Å². The third-order valence-electron chi connectivity index (χ3n) is 1.33. The third kappa shape index (κ3) is 0.978. The van der Waals surface area contributed by atoms with Crippen molar-refractivity contribution in [3.8, 4) is 0 Å². The highest BCUT2D eigenvalue weighted by Gasteiger charge is 2.21. The number of hydrogen-bond donors (Lipinski definition) is 1. The Morgan fingerprint density at radius 3 is 2.40 bits per heavy atom. The molecule has 0 atom stereocenters. The summed E-state index contributed by atoms with van der Waals surface area (Å²) in [5, 5.41) is 2.12. The molecule has 3 heteroatoms. The highest BCUT2D eigenvalue weighted by Crippen LogP contribution is 2.13. The van der Waals surface area contributed by atoms with Crippen LogP contribution in [0.5, 0.6) is 0 Å². The molecule has 1 saturated heterocycles. The molecule has 0 saturated carbocycles. The quantitative estimate of drug-likeness (QED) is 0.381. The second-order valence-electron chi connectivity index (χ2n) is 2.14. The second-order valence-corrected chi connectivity index (χ2v) is 2.14. The monoisotopic (exact) mass is 137 g/mol. The second kappa shape index (κ2) is 2.10. The standard InChI is InChI=1S/C7H7NO2/c1-4-3-6(9)8-7(10)5(4)2/h1-3H2,(H,8,9,10). The fourth-order valence-electron chi connectivity index (χ4n) is 0.707. The fourth-order valence-corrected chi connectivity index (χ4v) is 0.707. The molecule has 0 radical (unpaired) electrons.